The lowest BCUT2D eigenvalue weighted by atomic mass is 9.86. The van der Waals surface area contributed by atoms with Crippen LogP contribution in [-0.4, -0.2) is 53.3 Å². The van der Waals surface area contributed by atoms with Gasteiger partial charge in [0.15, 0.2) is 0 Å². The van der Waals surface area contributed by atoms with Gasteiger partial charge in [-0.15, -0.1) is 0 Å². The summed E-state index contributed by atoms with van der Waals surface area (Å²) in [5.74, 6) is -74.4. The summed E-state index contributed by atoms with van der Waals surface area (Å²) >= 11 is 0. The Labute approximate surface area is 156 Å². The van der Waals surface area contributed by atoms with E-state index in [1.54, 1.807) is 0 Å². The summed E-state index contributed by atoms with van der Waals surface area (Å²) in [6, 6.07) is 0. The van der Waals surface area contributed by atoms with Crippen LogP contribution in [0, 0.1) is 6.43 Å². The molecule has 0 nitrogen and oxygen atoms in total. The van der Waals surface area contributed by atoms with Crippen LogP contribution in [0.25, 0.3) is 0 Å². The molecule has 0 aromatic rings. The standard InChI is InChI=1S/C11H3F20/c1-3(14,15)5(18,19)7(22,23)9(26,27)11(30,31)10(28,29)8(24,25)6(20,21)4(16,17)2(12)13/h1H3. The molecule has 0 unspecified atom stereocenters. The molecule has 0 N–H and O–H groups in total. The third-order valence-corrected chi connectivity index (χ3v) is 3.55. The molecule has 0 saturated heterocycles. The molecule has 0 spiro atoms. The highest BCUT2D eigenvalue weighted by atomic mass is 19.4. The molecule has 0 bridgehead atoms. The van der Waals surface area contributed by atoms with Crippen LogP contribution in [0.1, 0.15) is 6.92 Å². The fourth-order valence-electron chi connectivity index (χ4n) is 1.58. The molecule has 0 fully saturated rings. The number of hydrogen-bond acceptors (Lipinski definition) is 0. The Hall–Kier alpha value is -1.40. The molecule has 0 aromatic carbocycles. The largest absolute Gasteiger partial charge is 0.385 e. The van der Waals surface area contributed by atoms with Gasteiger partial charge in [0.1, 0.15) is 0 Å². The molecule has 1 radical (unpaired) electrons. The topological polar surface area (TPSA) is 0 Å². The van der Waals surface area contributed by atoms with Crippen LogP contribution in [0.5, 0.6) is 0 Å². The highest BCUT2D eigenvalue weighted by Crippen LogP contribution is 2.65. The SMILES string of the molecule is CC(F)(F)C(F)(F)C(F)(F)C(F)(F)C(F)(F)C(F)(F)C(F)(F)C(F)(F)C(F)(F)[C](F)F. The first-order chi connectivity index (χ1) is 12.9. The molecule has 0 amide bonds. The van der Waals surface area contributed by atoms with Crippen molar-refractivity contribution < 1.29 is 87.8 Å². The van der Waals surface area contributed by atoms with E-state index in [-0.39, 0.29) is 0 Å². The van der Waals surface area contributed by atoms with Crippen molar-refractivity contribution in [2.45, 2.75) is 60.2 Å². The van der Waals surface area contributed by atoms with Gasteiger partial charge >= 0.3 is 59.7 Å². The maximum absolute atomic E-state index is 13.2. The van der Waals surface area contributed by atoms with Crippen LogP contribution < -0.4 is 0 Å². The zero-order valence-electron chi connectivity index (χ0n) is 13.6. The normalized spacial score (nSPS) is 16.8. The molecule has 0 saturated carbocycles. The summed E-state index contributed by atoms with van der Waals surface area (Å²) in [6.07, 6.45) is -5.18. The lowest BCUT2D eigenvalue weighted by molar-refractivity contribution is -0.462. The first kappa shape index (κ1) is 29.6. The zero-order chi connectivity index (χ0) is 26.1. The van der Waals surface area contributed by atoms with Gasteiger partial charge in [-0.2, -0.15) is 87.8 Å². The van der Waals surface area contributed by atoms with E-state index in [9.17, 15) is 87.8 Å². The predicted molar refractivity (Wildman–Crippen MR) is 55.7 cm³/mol. The summed E-state index contributed by atoms with van der Waals surface area (Å²) in [5.41, 5.74) is 0. The summed E-state index contributed by atoms with van der Waals surface area (Å²) in [5, 5.41) is 0. The zero-order valence-corrected chi connectivity index (χ0v) is 13.6. The number of hydrogen-bond donors (Lipinski definition) is 0. The fraction of sp³-hybridized carbons (Fsp3) is 0.909. The van der Waals surface area contributed by atoms with Gasteiger partial charge in [0, 0.05) is 6.92 Å². The Morgan fingerprint density at radius 2 is 0.548 bits per heavy atom. The molecular weight excluding hydrogens is 512 g/mol. The molecule has 0 atom stereocenters. The van der Waals surface area contributed by atoms with Gasteiger partial charge in [-0.25, -0.2) is 0 Å². The molecular formula is C11H3F20. The van der Waals surface area contributed by atoms with Crippen molar-refractivity contribution in [1.82, 2.24) is 0 Å². The molecule has 0 aliphatic rings. The number of rotatable bonds is 9. The number of alkyl halides is 18. The van der Waals surface area contributed by atoms with Crippen molar-refractivity contribution in [2.24, 2.45) is 0 Å². The average Bonchev–Trinajstić information content (AvgIpc) is 2.52. The van der Waals surface area contributed by atoms with Gasteiger partial charge in [-0.1, -0.05) is 0 Å². The van der Waals surface area contributed by atoms with Gasteiger partial charge in [-0.05, 0) is 0 Å². The maximum atomic E-state index is 13.2. The molecule has 0 heterocycles. The van der Waals surface area contributed by atoms with Crippen LogP contribution in [0.3, 0.4) is 0 Å². The Bertz CT molecular complexity index is 651. The minimum atomic E-state index is -8.95. The van der Waals surface area contributed by atoms with Crippen molar-refractivity contribution in [3.63, 3.8) is 0 Å². The first-order valence-corrected chi connectivity index (χ1v) is 6.53. The van der Waals surface area contributed by atoms with E-state index in [1.807, 2.05) is 0 Å². The van der Waals surface area contributed by atoms with Gasteiger partial charge in [0.05, 0.1) is 0 Å². The summed E-state index contributed by atoms with van der Waals surface area (Å²) in [4.78, 5) is 0. The van der Waals surface area contributed by atoms with Crippen molar-refractivity contribution in [1.29, 1.82) is 0 Å². The van der Waals surface area contributed by atoms with Gasteiger partial charge in [0.2, 0.25) is 0 Å². The minimum Gasteiger partial charge on any atom is -0.200 e. The van der Waals surface area contributed by atoms with E-state index in [0.29, 0.717) is 0 Å². The van der Waals surface area contributed by atoms with E-state index >= 15 is 0 Å². The molecule has 187 valence electrons. The van der Waals surface area contributed by atoms with E-state index in [4.69, 9.17) is 0 Å². The minimum absolute atomic E-state index is 1.36. The van der Waals surface area contributed by atoms with Crippen molar-refractivity contribution in [2.75, 3.05) is 0 Å². The van der Waals surface area contributed by atoms with E-state index in [0.717, 1.165) is 0 Å². The third kappa shape index (κ3) is 3.45. The quantitative estimate of drug-likeness (QED) is 0.286. The maximum Gasteiger partial charge on any atom is 0.385 e. The second-order valence-corrected chi connectivity index (χ2v) is 5.74. The monoisotopic (exact) mass is 515 g/mol. The van der Waals surface area contributed by atoms with Crippen molar-refractivity contribution >= 4 is 0 Å². The Kier molecular flexibility index (Phi) is 6.73. The lowest BCUT2D eigenvalue weighted by Crippen LogP contribution is -2.76. The van der Waals surface area contributed by atoms with Gasteiger partial charge < -0.3 is 0 Å². The third-order valence-electron chi connectivity index (χ3n) is 3.55. The second kappa shape index (κ2) is 7.05. The van der Waals surface area contributed by atoms with Crippen LogP contribution in [0.15, 0.2) is 0 Å². The lowest BCUT2D eigenvalue weighted by Gasteiger charge is -2.44. The van der Waals surface area contributed by atoms with Crippen LogP contribution >= 0.6 is 0 Å². The molecule has 20 heteroatoms. The molecule has 31 heavy (non-hydrogen) atoms. The molecule has 0 rings (SSSR count). The van der Waals surface area contributed by atoms with Crippen molar-refractivity contribution in [3.05, 3.63) is 6.43 Å². The predicted octanol–water partition coefficient (Wildman–Crippen LogP) is 7.15. The Morgan fingerprint density at radius 3 is 0.742 bits per heavy atom. The van der Waals surface area contributed by atoms with Crippen LogP contribution in [-0.2, 0) is 0 Å². The van der Waals surface area contributed by atoms with Crippen LogP contribution in [0.4, 0.5) is 87.8 Å². The van der Waals surface area contributed by atoms with Crippen LogP contribution in [0.2, 0.25) is 0 Å². The molecule has 0 aliphatic heterocycles. The highest BCUT2D eigenvalue weighted by molar-refractivity contribution is 5.18. The molecule has 0 aromatic heterocycles. The van der Waals surface area contributed by atoms with E-state index in [2.05, 4.69) is 0 Å². The first-order valence-electron chi connectivity index (χ1n) is 6.53. The highest BCUT2D eigenvalue weighted by Gasteiger charge is 2.96. The smallest absolute Gasteiger partial charge is 0.200 e. The summed E-state index contributed by atoms with van der Waals surface area (Å²) in [6.45, 7) is -1.36. The summed E-state index contributed by atoms with van der Waals surface area (Å²) < 4.78 is 256. The Balaban J connectivity index is 6.91. The fourth-order valence-corrected chi connectivity index (χ4v) is 1.58. The molecule has 0 aliphatic carbocycles. The number of halogens is 20. The van der Waals surface area contributed by atoms with E-state index in [1.165, 1.54) is 0 Å². The summed E-state index contributed by atoms with van der Waals surface area (Å²) in [7, 11) is 0. The van der Waals surface area contributed by atoms with Gasteiger partial charge in [0.25, 0.3) is 0 Å². The van der Waals surface area contributed by atoms with Gasteiger partial charge in [-0.3, -0.25) is 0 Å². The van der Waals surface area contributed by atoms with E-state index < -0.39 is 66.7 Å². The average molecular weight is 515 g/mol. The van der Waals surface area contributed by atoms with Crippen molar-refractivity contribution in [3.8, 4) is 0 Å². The Morgan fingerprint density at radius 1 is 0.355 bits per heavy atom. The second-order valence-electron chi connectivity index (χ2n) is 5.74.